The highest BCUT2D eigenvalue weighted by atomic mass is 35.5. The molecular weight excluding hydrogens is 156 g/mol. The third-order valence-corrected chi connectivity index (χ3v) is 2.09. The average Bonchev–Trinajstić information content (AvgIpc) is 2.18. The van der Waals surface area contributed by atoms with Crippen molar-refractivity contribution in [2.75, 3.05) is 11.6 Å². The Morgan fingerprint density at radius 1 is 1.78 bits per heavy atom. The van der Waals surface area contributed by atoms with E-state index >= 15 is 0 Å². The molecule has 0 fully saturated rings. The molecule has 0 aliphatic rings. The Kier molecular flexibility index (Phi) is 2.30. The third kappa shape index (κ3) is 1.56. The maximum Gasteiger partial charge on any atom is 0.137 e. The summed E-state index contributed by atoms with van der Waals surface area (Å²) in [7, 11) is 0. The highest BCUT2D eigenvalue weighted by molar-refractivity contribution is 7.10. The molecule has 0 unspecified atom stereocenters. The first-order valence-corrected chi connectivity index (χ1v) is 4.00. The van der Waals surface area contributed by atoms with Gasteiger partial charge < -0.3 is 5.73 Å². The zero-order valence-electron chi connectivity index (χ0n) is 4.80. The smallest absolute Gasteiger partial charge is 0.137 e. The summed E-state index contributed by atoms with van der Waals surface area (Å²) in [5.74, 6) is 1.24. The first-order valence-electron chi connectivity index (χ1n) is 2.58. The molecular formula is C5H7ClN2S. The van der Waals surface area contributed by atoms with Crippen LogP contribution in [0.3, 0.4) is 0 Å². The van der Waals surface area contributed by atoms with E-state index in [0.29, 0.717) is 11.7 Å². The van der Waals surface area contributed by atoms with Crippen molar-refractivity contribution in [3.63, 3.8) is 0 Å². The van der Waals surface area contributed by atoms with E-state index in [4.69, 9.17) is 17.3 Å². The first kappa shape index (κ1) is 6.83. The lowest BCUT2D eigenvalue weighted by Crippen LogP contribution is -1.90. The van der Waals surface area contributed by atoms with Crippen LogP contribution in [0.5, 0.6) is 0 Å². The number of alkyl halides is 1. The molecule has 0 spiro atoms. The largest absolute Gasteiger partial charge is 0.383 e. The van der Waals surface area contributed by atoms with Gasteiger partial charge >= 0.3 is 0 Å². The predicted molar refractivity (Wildman–Crippen MR) is 41.0 cm³/mol. The number of aromatic nitrogens is 1. The molecule has 4 heteroatoms. The second kappa shape index (κ2) is 3.03. The molecule has 0 atom stereocenters. The molecule has 1 aromatic rings. The Labute approximate surface area is 62.7 Å². The summed E-state index contributed by atoms with van der Waals surface area (Å²) in [6.45, 7) is 0. The van der Waals surface area contributed by atoms with Crippen molar-refractivity contribution in [2.24, 2.45) is 0 Å². The lowest BCUT2D eigenvalue weighted by atomic mass is 10.4. The molecule has 0 aromatic carbocycles. The maximum absolute atomic E-state index is 5.49. The van der Waals surface area contributed by atoms with Crippen molar-refractivity contribution in [2.45, 2.75) is 6.42 Å². The van der Waals surface area contributed by atoms with Gasteiger partial charge in [0.05, 0.1) is 5.51 Å². The van der Waals surface area contributed by atoms with Gasteiger partial charge in [-0.1, -0.05) is 0 Å². The molecule has 0 saturated carbocycles. The lowest BCUT2D eigenvalue weighted by Gasteiger charge is -1.89. The summed E-state index contributed by atoms with van der Waals surface area (Å²) in [4.78, 5) is 4.96. The van der Waals surface area contributed by atoms with Crippen molar-refractivity contribution >= 4 is 28.8 Å². The topological polar surface area (TPSA) is 38.9 Å². The van der Waals surface area contributed by atoms with Crippen molar-refractivity contribution < 1.29 is 0 Å². The van der Waals surface area contributed by atoms with Gasteiger partial charge in [0.2, 0.25) is 0 Å². The monoisotopic (exact) mass is 162 g/mol. The molecule has 0 amide bonds. The maximum atomic E-state index is 5.49. The highest BCUT2D eigenvalue weighted by Gasteiger charge is 1.98. The Morgan fingerprint density at radius 3 is 3.00 bits per heavy atom. The summed E-state index contributed by atoms with van der Waals surface area (Å²) < 4.78 is 0. The highest BCUT2D eigenvalue weighted by Crippen LogP contribution is 2.15. The number of rotatable bonds is 2. The van der Waals surface area contributed by atoms with Gasteiger partial charge in [0, 0.05) is 10.8 Å². The Balaban J connectivity index is 2.69. The number of nitrogens with two attached hydrogens (primary N) is 1. The molecule has 2 N–H and O–H groups in total. The van der Waals surface area contributed by atoms with Gasteiger partial charge in [-0.15, -0.1) is 22.9 Å². The summed E-state index contributed by atoms with van der Waals surface area (Å²) in [6, 6.07) is 0. The molecule has 1 heterocycles. The molecule has 50 valence electrons. The van der Waals surface area contributed by atoms with Gasteiger partial charge in [0.1, 0.15) is 5.82 Å². The van der Waals surface area contributed by atoms with Crippen LogP contribution in [0.4, 0.5) is 5.82 Å². The number of hydrogen-bond donors (Lipinski definition) is 1. The summed E-state index contributed by atoms with van der Waals surface area (Å²) in [5.41, 5.74) is 7.20. The normalized spacial score (nSPS) is 9.89. The fraction of sp³-hybridized carbons (Fsp3) is 0.400. The molecule has 1 aromatic heterocycles. The van der Waals surface area contributed by atoms with Gasteiger partial charge in [0.25, 0.3) is 0 Å². The van der Waals surface area contributed by atoms with Crippen LogP contribution < -0.4 is 5.73 Å². The van der Waals surface area contributed by atoms with Crippen LogP contribution >= 0.6 is 22.9 Å². The average molecular weight is 163 g/mol. The van der Waals surface area contributed by atoms with Gasteiger partial charge in [-0.3, -0.25) is 0 Å². The SMILES string of the molecule is Nc1ncsc1CCCl. The minimum absolute atomic E-state index is 0.617. The van der Waals surface area contributed by atoms with Crippen LogP contribution in [0.1, 0.15) is 4.88 Å². The second-order valence-electron chi connectivity index (χ2n) is 1.60. The van der Waals surface area contributed by atoms with Crippen LogP contribution in [0.25, 0.3) is 0 Å². The Hall–Kier alpha value is -0.280. The number of thiazole rings is 1. The van der Waals surface area contributed by atoms with E-state index in [0.717, 1.165) is 11.3 Å². The van der Waals surface area contributed by atoms with Gasteiger partial charge in [0.15, 0.2) is 0 Å². The quantitative estimate of drug-likeness (QED) is 0.670. The van der Waals surface area contributed by atoms with Crippen molar-refractivity contribution in [1.82, 2.24) is 4.98 Å². The molecule has 0 bridgehead atoms. The molecule has 0 aliphatic heterocycles. The Bertz CT molecular complexity index is 187. The number of aryl methyl sites for hydroxylation is 1. The first-order chi connectivity index (χ1) is 4.34. The van der Waals surface area contributed by atoms with E-state index in [1.807, 2.05) is 0 Å². The minimum atomic E-state index is 0.617. The van der Waals surface area contributed by atoms with Crippen molar-refractivity contribution in [1.29, 1.82) is 0 Å². The van der Waals surface area contributed by atoms with E-state index in [1.165, 1.54) is 0 Å². The molecule has 0 radical (unpaired) electrons. The lowest BCUT2D eigenvalue weighted by molar-refractivity contribution is 1.18. The van der Waals surface area contributed by atoms with Crippen LogP contribution in [0.15, 0.2) is 5.51 Å². The number of halogens is 1. The van der Waals surface area contributed by atoms with Crippen LogP contribution in [0.2, 0.25) is 0 Å². The zero-order valence-corrected chi connectivity index (χ0v) is 6.37. The number of hydrogen-bond acceptors (Lipinski definition) is 3. The number of nitrogens with zero attached hydrogens (tertiary/aromatic N) is 1. The van der Waals surface area contributed by atoms with E-state index in [2.05, 4.69) is 4.98 Å². The molecule has 9 heavy (non-hydrogen) atoms. The number of anilines is 1. The second-order valence-corrected chi connectivity index (χ2v) is 2.92. The van der Waals surface area contributed by atoms with Crippen LogP contribution in [-0.2, 0) is 6.42 Å². The van der Waals surface area contributed by atoms with E-state index in [1.54, 1.807) is 16.8 Å². The fourth-order valence-corrected chi connectivity index (χ4v) is 1.54. The molecule has 2 nitrogen and oxygen atoms in total. The summed E-state index contributed by atoms with van der Waals surface area (Å²) in [6.07, 6.45) is 0.831. The van der Waals surface area contributed by atoms with Crippen molar-refractivity contribution in [3.8, 4) is 0 Å². The van der Waals surface area contributed by atoms with E-state index in [9.17, 15) is 0 Å². The predicted octanol–water partition coefficient (Wildman–Crippen LogP) is 1.51. The minimum Gasteiger partial charge on any atom is -0.383 e. The summed E-state index contributed by atoms with van der Waals surface area (Å²) in [5, 5.41) is 0. The summed E-state index contributed by atoms with van der Waals surface area (Å²) >= 11 is 7.04. The number of nitrogen functional groups attached to an aromatic ring is 1. The van der Waals surface area contributed by atoms with Crippen molar-refractivity contribution in [3.05, 3.63) is 10.4 Å². The molecule has 1 rings (SSSR count). The standard InChI is InChI=1S/C5H7ClN2S/c6-2-1-4-5(7)8-3-9-4/h3H,1-2,7H2. The van der Waals surface area contributed by atoms with Crippen LogP contribution in [-0.4, -0.2) is 10.9 Å². The van der Waals surface area contributed by atoms with Gasteiger partial charge in [-0.2, -0.15) is 0 Å². The van der Waals surface area contributed by atoms with Gasteiger partial charge in [-0.25, -0.2) is 4.98 Å². The Morgan fingerprint density at radius 2 is 2.56 bits per heavy atom. The zero-order chi connectivity index (χ0) is 6.69. The third-order valence-electron chi connectivity index (χ3n) is 0.994. The molecule has 0 saturated heterocycles. The van der Waals surface area contributed by atoms with Gasteiger partial charge in [-0.05, 0) is 6.42 Å². The van der Waals surface area contributed by atoms with E-state index < -0.39 is 0 Å². The molecule has 0 aliphatic carbocycles. The van der Waals surface area contributed by atoms with Crippen LogP contribution in [0, 0.1) is 0 Å². The van der Waals surface area contributed by atoms with E-state index in [-0.39, 0.29) is 0 Å². The fourth-order valence-electron chi connectivity index (χ4n) is 0.552.